The normalized spacial score (nSPS) is 12.3. The molecule has 0 aromatic carbocycles. The lowest BCUT2D eigenvalue weighted by atomic mass is 9.92. The lowest BCUT2D eigenvalue weighted by molar-refractivity contribution is 0.0654. The summed E-state index contributed by atoms with van der Waals surface area (Å²) in [6.07, 6.45) is 0. The summed E-state index contributed by atoms with van der Waals surface area (Å²) in [5, 5.41) is 3.26. The summed E-state index contributed by atoms with van der Waals surface area (Å²) in [6, 6.07) is 0. The van der Waals surface area contributed by atoms with E-state index < -0.39 is 0 Å². The molecule has 4 nitrogen and oxygen atoms in total. The summed E-state index contributed by atoms with van der Waals surface area (Å²) in [5.41, 5.74) is 0.271. The zero-order chi connectivity index (χ0) is 13.9. The second-order valence-corrected chi connectivity index (χ2v) is 5.36. The van der Waals surface area contributed by atoms with Gasteiger partial charge in [0.05, 0.1) is 13.2 Å². The molecule has 0 unspecified atom stereocenters. The molecular weight excluding hydrogens is 228 g/mol. The van der Waals surface area contributed by atoms with E-state index >= 15 is 0 Å². The lowest BCUT2D eigenvalue weighted by Gasteiger charge is -2.32. The highest BCUT2D eigenvalue weighted by atomic mass is 16.5. The maximum atomic E-state index is 5.45. The van der Waals surface area contributed by atoms with E-state index in [4.69, 9.17) is 9.47 Å². The fraction of sp³-hybridized carbons (Fsp3) is 1.00. The Balaban J connectivity index is 4.08. The van der Waals surface area contributed by atoms with Crippen molar-refractivity contribution in [1.82, 2.24) is 10.2 Å². The molecule has 0 bridgehead atoms. The maximum Gasteiger partial charge on any atom is 0.0593 e. The Morgan fingerprint density at radius 1 is 1.00 bits per heavy atom. The van der Waals surface area contributed by atoms with E-state index in [9.17, 15) is 0 Å². The molecule has 110 valence electrons. The van der Waals surface area contributed by atoms with Crippen molar-refractivity contribution in [2.24, 2.45) is 5.41 Å². The monoisotopic (exact) mass is 260 g/mol. The minimum absolute atomic E-state index is 0.271. The van der Waals surface area contributed by atoms with Crippen LogP contribution in [0.4, 0.5) is 0 Å². The third-order valence-electron chi connectivity index (χ3n) is 2.82. The van der Waals surface area contributed by atoms with Gasteiger partial charge in [-0.15, -0.1) is 0 Å². The van der Waals surface area contributed by atoms with Gasteiger partial charge in [0, 0.05) is 39.4 Å². The average molecular weight is 260 g/mol. The molecule has 0 aromatic heterocycles. The van der Waals surface area contributed by atoms with Crippen LogP contribution >= 0.6 is 0 Å². The number of rotatable bonds is 12. The molecule has 0 spiro atoms. The van der Waals surface area contributed by atoms with Crippen LogP contribution in [0.3, 0.4) is 0 Å². The van der Waals surface area contributed by atoms with E-state index in [0.29, 0.717) is 0 Å². The van der Waals surface area contributed by atoms with Gasteiger partial charge in [-0.3, -0.25) is 4.90 Å². The Hall–Kier alpha value is -0.160. The summed E-state index contributed by atoms with van der Waals surface area (Å²) in [4.78, 5) is 2.43. The highest BCUT2D eigenvalue weighted by Gasteiger charge is 2.20. The van der Waals surface area contributed by atoms with E-state index in [1.807, 2.05) is 20.9 Å². The standard InChI is InChI=1S/C14H32N2O2/c1-6-17-10-8-16(9-11-18-7-2)13-14(3,4)12-15-5/h15H,6-13H2,1-5H3. The van der Waals surface area contributed by atoms with Gasteiger partial charge in [-0.1, -0.05) is 13.8 Å². The van der Waals surface area contributed by atoms with Crippen LogP contribution in [0.5, 0.6) is 0 Å². The second-order valence-electron chi connectivity index (χ2n) is 5.36. The van der Waals surface area contributed by atoms with Crippen LogP contribution in [-0.2, 0) is 9.47 Å². The van der Waals surface area contributed by atoms with Gasteiger partial charge in [0.25, 0.3) is 0 Å². The van der Waals surface area contributed by atoms with Gasteiger partial charge in [-0.25, -0.2) is 0 Å². The van der Waals surface area contributed by atoms with Crippen LogP contribution in [0.15, 0.2) is 0 Å². The first kappa shape index (κ1) is 17.8. The van der Waals surface area contributed by atoms with Crippen molar-refractivity contribution in [2.45, 2.75) is 27.7 Å². The summed E-state index contributed by atoms with van der Waals surface area (Å²) >= 11 is 0. The summed E-state index contributed by atoms with van der Waals surface area (Å²) in [6.45, 7) is 15.9. The minimum atomic E-state index is 0.271. The SMILES string of the molecule is CCOCCN(CCOCC)CC(C)(C)CNC. The van der Waals surface area contributed by atoms with Gasteiger partial charge < -0.3 is 14.8 Å². The average Bonchev–Trinajstić information content (AvgIpc) is 2.28. The number of nitrogens with one attached hydrogen (secondary N) is 1. The lowest BCUT2D eigenvalue weighted by Crippen LogP contribution is -2.42. The molecule has 0 saturated heterocycles. The van der Waals surface area contributed by atoms with Crippen LogP contribution in [0, 0.1) is 5.41 Å². The largest absolute Gasteiger partial charge is 0.380 e. The van der Waals surface area contributed by atoms with Crippen LogP contribution in [0.1, 0.15) is 27.7 Å². The van der Waals surface area contributed by atoms with E-state index in [0.717, 1.165) is 52.6 Å². The highest BCUT2D eigenvalue weighted by molar-refractivity contribution is 4.75. The fourth-order valence-corrected chi connectivity index (χ4v) is 2.09. The predicted octanol–water partition coefficient (Wildman–Crippen LogP) is 1.61. The number of ether oxygens (including phenoxy) is 2. The number of hydrogen-bond donors (Lipinski definition) is 1. The van der Waals surface area contributed by atoms with Crippen molar-refractivity contribution in [3.8, 4) is 0 Å². The molecule has 0 radical (unpaired) electrons. The van der Waals surface area contributed by atoms with Crippen LogP contribution < -0.4 is 5.32 Å². The molecule has 0 aromatic rings. The Morgan fingerprint density at radius 2 is 1.50 bits per heavy atom. The number of nitrogens with zero attached hydrogens (tertiary/aromatic N) is 1. The molecule has 1 N–H and O–H groups in total. The highest BCUT2D eigenvalue weighted by Crippen LogP contribution is 2.15. The molecule has 0 saturated carbocycles. The Bertz CT molecular complexity index is 177. The van der Waals surface area contributed by atoms with Crippen LogP contribution in [0.25, 0.3) is 0 Å². The van der Waals surface area contributed by atoms with Crippen molar-refractivity contribution in [2.75, 3.05) is 59.7 Å². The molecule has 0 amide bonds. The van der Waals surface area contributed by atoms with E-state index in [2.05, 4.69) is 24.1 Å². The van der Waals surface area contributed by atoms with Gasteiger partial charge in [0.2, 0.25) is 0 Å². The smallest absolute Gasteiger partial charge is 0.0593 e. The molecule has 0 fully saturated rings. The van der Waals surface area contributed by atoms with Crippen molar-refractivity contribution >= 4 is 0 Å². The molecule has 0 rings (SSSR count). The van der Waals surface area contributed by atoms with E-state index in [-0.39, 0.29) is 5.41 Å². The van der Waals surface area contributed by atoms with Gasteiger partial charge >= 0.3 is 0 Å². The van der Waals surface area contributed by atoms with Gasteiger partial charge in [-0.2, -0.15) is 0 Å². The molecule has 0 aliphatic carbocycles. The van der Waals surface area contributed by atoms with Gasteiger partial charge in [0.1, 0.15) is 0 Å². The first-order valence-electron chi connectivity index (χ1n) is 7.08. The van der Waals surface area contributed by atoms with Gasteiger partial charge in [-0.05, 0) is 26.3 Å². The first-order valence-corrected chi connectivity index (χ1v) is 7.08. The molecule has 18 heavy (non-hydrogen) atoms. The predicted molar refractivity (Wildman–Crippen MR) is 77.1 cm³/mol. The number of hydrogen-bond acceptors (Lipinski definition) is 4. The Labute approximate surface area is 113 Å². The first-order chi connectivity index (χ1) is 8.55. The van der Waals surface area contributed by atoms with E-state index in [1.165, 1.54) is 0 Å². The van der Waals surface area contributed by atoms with Crippen molar-refractivity contribution in [1.29, 1.82) is 0 Å². The summed E-state index contributed by atoms with van der Waals surface area (Å²) in [7, 11) is 2.01. The quantitative estimate of drug-likeness (QED) is 0.541. The van der Waals surface area contributed by atoms with Crippen LogP contribution in [0.2, 0.25) is 0 Å². The molecule has 4 heteroatoms. The molecule has 0 aliphatic heterocycles. The molecule has 0 atom stereocenters. The molecule has 0 heterocycles. The minimum Gasteiger partial charge on any atom is -0.380 e. The third kappa shape index (κ3) is 9.83. The zero-order valence-electron chi connectivity index (χ0n) is 12.9. The maximum absolute atomic E-state index is 5.45. The summed E-state index contributed by atoms with van der Waals surface area (Å²) < 4.78 is 10.9. The molecular formula is C14H32N2O2. The Morgan fingerprint density at radius 3 is 1.89 bits per heavy atom. The topological polar surface area (TPSA) is 33.7 Å². The molecule has 0 aliphatic rings. The Kier molecular flexibility index (Phi) is 10.6. The van der Waals surface area contributed by atoms with Crippen molar-refractivity contribution in [3.63, 3.8) is 0 Å². The second kappa shape index (κ2) is 10.7. The van der Waals surface area contributed by atoms with Crippen LogP contribution in [-0.4, -0.2) is 64.6 Å². The third-order valence-corrected chi connectivity index (χ3v) is 2.82. The zero-order valence-corrected chi connectivity index (χ0v) is 12.9. The summed E-state index contributed by atoms with van der Waals surface area (Å²) in [5.74, 6) is 0. The van der Waals surface area contributed by atoms with Crippen molar-refractivity contribution < 1.29 is 9.47 Å². The fourth-order valence-electron chi connectivity index (χ4n) is 2.09. The van der Waals surface area contributed by atoms with Crippen molar-refractivity contribution in [3.05, 3.63) is 0 Å². The van der Waals surface area contributed by atoms with E-state index in [1.54, 1.807) is 0 Å². The van der Waals surface area contributed by atoms with Gasteiger partial charge in [0.15, 0.2) is 0 Å².